The summed E-state index contributed by atoms with van der Waals surface area (Å²) in [7, 11) is 0. The van der Waals surface area contributed by atoms with Crippen molar-refractivity contribution < 1.29 is 14.5 Å². The lowest BCUT2D eigenvalue weighted by molar-refractivity contribution is -0.384. The van der Waals surface area contributed by atoms with Gasteiger partial charge in [0.2, 0.25) is 11.8 Å². The Morgan fingerprint density at radius 3 is 2.38 bits per heavy atom. The van der Waals surface area contributed by atoms with Gasteiger partial charge in [0.25, 0.3) is 5.69 Å². The summed E-state index contributed by atoms with van der Waals surface area (Å²) >= 11 is 0. The Balaban J connectivity index is 1.45. The Bertz CT molecular complexity index is 732. The van der Waals surface area contributed by atoms with E-state index in [4.69, 9.17) is 0 Å². The van der Waals surface area contributed by atoms with Crippen molar-refractivity contribution in [1.82, 2.24) is 5.43 Å². The summed E-state index contributed by atoms with van der Waals surface area (Å²) in [5.41, 5.74) is 3.52. The van der Waals surface area contributed by atoms with Crippen molar-refractivity contribution in [2.45, 2.75) is 39.0 Å². The number of non-ortho nitro benzene ring substituents is 1. The Morgan fingerprint density at radius 2 is 1.81 bits per heavy atom. The van der Waals surface area contributed by atoms with Crippen LogP contribution in [0.2, 0.25) is 0 Å². The fourth-order valence-electron chi connectivity index (χ4n) is 3.75. The van der Waals surface area contributed by atoms with E-state index in [1.54, 1.807) is 6.92 Å². The molecular weight excluding hydrogens is 336 g/mol. The van der Waals surface area contributed by atoms with E-state index in [1.165, 1.54) is 37.1 Å². The van der Waals surface area contributed by atoms with Crippen molar-refractivity contribution in [2.24, 2.45) is 22.9 Å². The molecule has 0 unspecified atom stereocenters. The van der Waals surface area contributed by atoms with Crippen LogP contribution in [-0.4, -0.2) is 22.4 Å². The van der Waals surface area contributed by atoms with Crippen molar-refractivity contribution in [3.8, 4) is 0 Å². The van der Waals surface area contributed by atoms with Gasteiger partial charge < -0.3 is 5.32 Å². The number of nitrogens with zero attached hydrogens (tertiary/aromatic N) is 2. The van der Waals surface area contributed by atoms with Crippen LogP contribution >= 0.6 is 0 Å². The molecule has 3 rings (SSSR count). The van der Waals surface area contributed by atoms with E-state index in [-0.39, 0.29) is 29.8 Å². The lowest BCUT2D eigenvalue weighted by Gasteiger charge is -2.05. The van der Waals surface area contributed by atoms with E-state index in [0.29, 0.717) is 23.2 Å². The lowest BCUT2D eigenvalue weighted by atomic mass is 10.0. The van der Waals surface area contributed by atoms with Gasteiger partial charge in [-0.2, -0.15) is 5.10 Å². The maximum absolute atomic E-state index is 12.2. The van der Waals surface area contributed by atoms with Crippen LogP contribution in [0.5, 0.6) is 0 Å². The SMILES string of the molecule is C/C(CC(=O)Nc1ccc([N+](=O)[O-])cc1)=N\NC(=O)C1[C@@H]2CCCC[C@@H]12. The van der Waals surface area contributed by atoms with Crippen LogP contribution in [0.4, 0.5) is 11.4 Å². The van der Waals surface area contributed by atoms with Crippen LogP contribution in [0.15, 0.2) is 29.4 Å². The molecule has 8 heteroatoms. The number of rotatable bonds is 6. The summed E-state index contributed by atoms with van der Waals surface area (Å²) in [6, 6.07) is 5.59. The fourth-order valence-corrected chi connectivity index (χ4v) is 3.75. The first-order valence-corrected chi connectivity index (χ1v) is 8.83. The number of nitro groups is 1. The highest BCUT2D eigenvalue weighted by molar-refractivity contribution is 6.05. The third kappa shape index (κ3) is 4.25. The van der Waals surface area contributed by atoms with Crippen LogP contribution in [-0.2, 0) is 9.59 Å². The highest BCUT2D eigenvalue weighted by Crippen LogP contribution is 2.55. The monoisotopic (exact) mass is 358 g/mol. The minimum absolute atomic E-state index is 0.0365. The number of carbonyl (C=O) groups excluding carboxylic acids is 2. The summed E-state index contributed by atoms with van der Waals surface area (Å²) < 4.78 is 0. The van der Waals surface area contributed by atoms with Gasteiger partial charge in [-0.1, -0.05) is 12.8 Å². The molecule has 138 valence electrons. The summed E-state index contributed by atoms with van der Waals surface area (Å²) in [5, 5.41) is 17.3. The number of hydrogen-bond acceptors (Lipinski definition) is 5. The molecule has 0 spiro atoms. The topological polar surface area (TPSA) is 114 Å². The first-order chi connectivity index (χ1) is 12.5. The van der Waals surface area contributed by atoms with E-state index in [0.717, 1.165) is 12.8 Å². The predicted octanol–water partition coefficient (Wildman–Crippen LogP) is 2.85. The number of hydrazone groups is 1. The minimum atomic E-state index is -0.499. The van der Waals surface area contributed by atoms with E-state index in [1.807, 2.05) is 0 Å². The Labute approximate surface area is 151 Å². The summed E-state index contributed by atoms with van der Waals surface area (Å²) in [4.78, 5) is 34.3. The molecule has 2 aliphatic rings. The predicted molar refractivity (Wildman–Crippen MR) is 96.5 cm³/mol. The van der Waals surface area contributed by atoms with Gasteiger partial charge in [0.05, 0.1) is 11.3 Å². The molecular formula is C18H22N4O4. The summed E-state index contributed by atoms with van der Waals surface area (Å²) in [5.74, 6) is 0.781. The van der Waals surface area contributed by atoms with Crippen molar-refractivity contribution in [1.29, 1.82) is 0 Å². The van der Waals surface area contributed by atoms with E-state index in [9.17, 15) is 19.7 Å². The highest BCUT2D eigenvalue weighted by atomic mass is 16.6. The van der Waals surface area contributed by atoms with Crippen molar-refractivity contribution >= 4 is 28.9 Å². The number of carbonyl (C=O) groups is 2. The second-order valence-corrected chi connectivity index (χ2v) is 6.99. The third-order valence-electron chi connectivity index (χ3n) is 5.09. The van der Waals surface area contributed by atoms with E-state index < -0.39 is 4.92 Å². The quantitative estimate of drug-likeness (QED) is 0.462. The molecule has 0 bridgehead atoms. The van der Waals surface area contributed by atoms with Crippen LogP contribution < -0.4 is 10.7 Å². The van der Waals surface area contributed by atoms with Crippen molar-refractivity contribution in [3.63, 3.8) is 0 Å². The molecule has 0 saturated heterocycles. The lowest BCUT2D eigenvalue weighted by Crippen LogP contribution is -2.23. The molecule has 2 amide bonds. The van der Waals surface area contributed by atoms with E-state index in [2.05, 4.69) is 15.8 Å². The molecule has 1 aromatic rings. The second kappa shape index (κ2) is 7.63. The van der Waals surface area contributed by atoms with Crippen LogP contribution in [0.3, 0.4) is 0 Å². The van der Waals surface area contributed by atoms with Gasteiger partial charge in [0.15, 0.2) is 0 Å². The zero-order valence-electron chi connectivity index (χ0n) is 14.6. The van der Waals surface area contributed by atoms with Crippen molar-refractivity contribution in [3.05, 3.63) is 34.4 Å². The molecule has 2 saturated carbocycles. The zero-order valence-corrected chi connectivity index (χ0v) is 14.6. The molecule has 0 heterocycles. The average molecular weight is 358 g/mol. The fraction of sp³-hybridized carbons (Fsp3) is 0.500. The smallest absolute Gasteiger partial charge is 0.269 e. The molecule has 2 atom stereocenters. The standard InChI is InChI=1S/C18H22N4O4/c1-11(20-21-18(24)17-14-4-2-3-5-15(14)17)10-16(23)19-12-6-8-13(9-7-12)22(25)26/h6-9,14-15,17H,2-5,10H2,1H3,(H,19,23)(H,21,24)/b20-11+/t14-,15-/m1/s1. The number of benzene rings is 1. The number of amides is 2. The van der Waals surface area contributed by atoms with Gasteiger partial charge in [-0.3, -0.25) is 19.7 Å². The van der Waals surface area contributed by atoms with Gasteiger partial charge in [-0.25, -0.2) is 5.43 Å². The second-order valence-electron chi connectivity index (χ2n) is 6.99. The first kappa shape index (κ1) is 18.0. The highest BCUT2D eigenvalue weighted by Gasteiger charge is 2.54. The van der Waals surface area contributed by atoms with Crippen LogP contribution in [0, 0.1) is 27.9 Å². The van der Waals surface area contributed by atoms with Gasteiger partial charge in [0.1, 0.15) is 0 Å². The number of nitrogens with one attached hydrogen (secondary N) is 2. The molecule has 2 fully saturated rings. The van der Waals surface area contributed by atoms with Gasteiger partial charge in [-0.05, 0) is 43.7 Å². The number of nitro benzene ring substituents is 1. The van der Waals surface area contributed by atoms with Gasteiger partial charge >= 0.3 is 0 Å². The van der Waals surface area contributed by atoms with E-state index >= 15 is 0 Å². The average Bonchev–Trinajstić information content (AvgIpc) is 3.34. The minimum Gasteiger partial charge on any atom is -0.326 e. The number of fused-ring (bicyclic) bond motifs is 1. The maximum atomic E-state index is 12.2. The molecule has 8 nitrogen and oxygen atoms in total. The largest absolute Gasteiger partial charge is 0.326 e. The Morgan fingerprint density at radius 1 is 1.19 bits per heavy atom. The Kier molecular flexibility index (Phi) is 5.29. The van der Waals surface area contributed by atoms with Gasteiger partial charge in [0, 0.05) is 29.4 Å². The van der Waals surface area contributed by atoms with Crippen LogP contribution in [0.1, 0.15) is 39.0 Å². The molecule has 1 aromatic carbocycles. The zero-order chi connectivity index (χ0) is 18.7. The normalized spacial score (nSPS) is 24.3. The third-order valence-corrected chi connectivity index (χ3v) is 5.09. The molecule has 0 radical (unpaired) electrons. The summed E-state index contributed by atoms with van der Waals surface area (Å²) in [6.07, 6.45) is 4.70. The maximum Gasteiger partial charge on any atom is 0.269 e. The van der Waals surface area contributed by atoms with Crippen molar-refractivity contribution in [2.75, 3.05) is 5.32 Å². The van der Waals surface area contributed by atoms with Gasteiger partial charge in [-0.15, -0.1) is 0 Å². The molecule has 26 heavy (non-hydrogen) atoms. The summed E-state index contributed by atoms with van der Waals surface area (Å²) in [6.45, 7) is 1.68. The molecule has 0 aromatic heterocycles. The van der Waals surface area contributed by atoms with Crippen LogP contribution in [0.25, 0.3) is 0 Å². The number of hydrogen-bond donors (Lipinski definition) is 2. The molecule has 2 aliphatic carbocycles. The molecule has 2 N–H and O–H groups in total. The molecule has 0 aliphatic heterocycles. The Hall–Kier alpha value is -2.77. The first-order valence-electron chi connectivity index (χ1n) is 8.83. The number of anilines is 1.